The van der Waals surface area contributed by atoms with Crippen LogP contribution < -0.4 is 0 Å². The van der Waals surface area contributed by atoms with E-state index in [0.717, 1.165) is 15.7 Å². The zero-order valence-electron chi connectivity index (χ0n) is 14.4. The fourth-order valence-corrected chi connectivity index (χ4v) is 3.98. The van der Waals surface area contributed by atoms with E-state index in [0.29, 0.717) is 0 Å². The molecule has 0 saturated carbocycles. The van der Waals surface area contributed by atoms with Gasteiger partial charge in [-0.25, -0.2) is 0 Å². The van der Waals surface area contributed by atoms with E-state index in [4.69, 9.17) is 0 Å². The van der Waals surface area contributed by atoms with E-state index in [9.17, 15) is 0 Å². The van der Waals surface area contributed by atoms with Crippen LogP contribution in [0.15, 0.2) is 47.1 Å². The zero-order chi connectivity index (χ0) is 17.1. The second kappa shape index (κ2) is 5.25. The minimum absolute atomic E-state index is 0.114. The summed E-state index contributed by atoms with van der Waals surface area (Å²) in [4.78, 5) is 7.01. The Morgan fingerprint density at radius 3 is 2.54 bits per heavy atom. The van der Waals surface area contributed by atoms with Crippen LogP contribution in [0.2, 0.25) is 0 Å². The van der Waals surface area contributed by atoms with Crippen molar-refractivity contribution in [2.24, 2.45) is 0 Å². The summed E-state index contributed by atoms with van der Waals surface area (Å²) >= 11 is 3.69. The third kappa shape index (κ3) is 2.48. The SMILES string of the molecule is Cc1cc(Br)c2cc(-c3cc(C(C)(C)C)cc4cc[nH]c34)[nH]c2c1. The molecule has 0 aliphatic heterocycles. The standard InChI is InChI=1S/C21H21BrN2/c1-12-7-17(22)15-11-19(24-18(15)8-12)16-10-14(21(2,3)4)9-13-5-6-23-20(13)16/h5-11,23-24H,1-4H3. The molecular formula is C21H21BrN2. The molecule has 0 aliphatic rings. The van der Waals surface area contributed by atoms with Crippen molar-refractivity contribution >= 4 is 37.7 Å². The van der Waals surface area contributed by atoms with Crippen LogP contribution in [0.5, 0.6) is 0 Å². The Bertz CT molecular complexity index is 1060. The first kappa shape index (κ1) is 15.5. The lowest BCUT2D eigenvalue weighted by Gasteiger charge is -2.20. The van der Waals surface area contributed by atoms with Crippen molar-refractivity contribution in [2.45, 2.75) is 33.1 Å². The molecule has 0 fully saturated rings. The van der Waals surface area contributed by atoms with Gasteiger partial charge in [0, 0.05) is 38.2 Å². The highest BCUT2D eigenvalue weighted by Gasteiger charge is 2.18. The molecule has 2 aromatic carbocycles. The first-order valence-electron chi connectivity index (χ1n) is 8.24. The van der Waals surface area contributed by atoms with Crippen LogP contribution in [-0.4, -0.2) is 9.97 Å². The Hall–Kier alpha value is -2.00. The number of rotatable bonds is 1. The molecule has 0 bridgehead atoms. The van der Waals surface area contributed by atoms with Crippen LogP contribution in [0.25, 0.3) is 33.1 Å². The molecular weight excluding hydrogens is 360 g/mol. The van der Waals surface area contributed by atoms with Gasteiger partial charge in [-0.05, 0) is 59.9 Å². The van der Waals surface area contributed by atoms with Gasteiger partial charge in [0.1, 0.15) is 0 Å². The van der Waals surface area contributed by atoms with E-state index in [-0.39, 0.29) is 5.41 Å². The molecule has 24 heavy (non-hydrogen) atoms. The van der Waals surface area contributed by atoms with E-state index < -0.39 is 0 Å². The quantitative estimate of drug-likeness (QED) is 0.368. The molecule has 0 unspecified atom stereocenters. The maximum absolute atomic E-state index is 3.69. The fraction of sp³-hybridized carbons (Fsp3) is 0.238. The Kier molecular flexibility index (Phi) is 3.40. The highest BCUT2D eigenvalue weighted by atomic mass is 79.9. The molecule has 2 heterocycles. The van der Waals surface area contributed by atoms with Crippen LogP contribution >= 0.6 is 15.9 Å². The van der Waals surface area contributed by atoms with E-state index in [1.165, 1.54) is 33.0 Å². The lowest BCUT2D eigenvalue weighted by molar-refractivity contribution is 0.591. The first-order chi connectivity index (χ1) is 11.3. The maximum atomic E-state index is 3.69. The van der Waals surface area contributed by atoms with Crippen LogP contribution in [0.1, 0.15) is 31.9 Å². The number of benzene rings is 2. The van der Waals surface area contributed by atoms with Crippen molar-refractivity contribution in [3.63, 3.8) is 0 Å². The molecule has 122 valence electrons. The summed E-state index contributed by atoms with van der Waals surface area (Å²) in [7, 11) is 0. The molecule has 2 aromatic heterocycles. The van der Waals surface area contributed by atoms with Crippen molar-refractivity contribution < 1.29 is 0 Å². The third-order valence-corrected chi connectivity index (χ3v) is 5.30. The molecule has 0 spiro atoms. The molecule has 4 aromatic rings. The van der Waals surface area contributed by atoms with E-state index in [1.807, 2.05) is 6.20 Å². The summed E-state index contributed by atoms with van der Waals surface area (Å²) in [6.07, 6.45) is 2.02. The Morgan fingerprint density at radius 2 is 1.79 bits per heavy atom. The van der Waals surface area contributed by atoms with E-state index in [2.05, 4.69) is 90.0 Å². The zero-order valence-corrected chi connectivity index (χ0v) is 16.0. The fourth-order valence-electron chi connectivity index (χ4n) is 3.29. The maximum Gasteiger partial charge on any atom is 0.0548 e. The van der Waals surface area contributed by atoms with Crippen LogP contribution in [0.4, 0.5) is 0 Å². The van der Waals surface area contributed by atoms with Crippen molar-refractivity contribution in [2.75, 3.05) is 0 Å². The summed E-state index contributed by atoms with van der Waals surface area (Å²) in [5.41, 5.74) is 7.43. The highest BCUT2D eigenvalue weighted by Crippen LogP contribution is 2.36. The lowest BCUT2D eigenvalue weighted by Crippen LogP contribution is -2.11. The monoisotopic (exact) mass is 380 g/mol. The van der Waals surface area contributed by atoms with Gasteiger partial charge in [-0.3, -0.25) is 0 Å². The highest BCUT2D eigenvalue weighted by molar-refractivity contribution is 9.10. The van der Waals surface area contributed by atoms with Crippen LogP contribution in [0, 0.1) is 6.92 Å². The molecule has 2 N–H and O–H groups in total. The molecule has 0 aliphatic carbocycles. The van der Waals surface area contributed by atoms with Gasteiger partial charge < -0.3 is 9.97 Å². The largest absolute Gasteiger partial charge is 0.361 e. The molecule has 3 heteroatoms. The van der Waals surface area contributed by atoms with Crippen molar-refractivity contribution in [1.82, 2.24) is 9.97 Å². The van der Waals surface area contributed by atoms with Gasteiger partial charge in [-0.2, -0.15) is 0 Å². The normalized spacial score (nSPS) is 12.4. The van der Waals surface area contributed by atoms with Crippen molar-refractivity contribution in [3.8, 4) is 11.3 Å². The summed E-state index contributed by atoms with van der Waals surface area (Å²) in [5.74, 6) is 0. The number of halogens is 1. The predicted octanol–water partition coefficient (Wildman–Crippen LogP) is 6.68. The van der Waals surface area contributed by atoms with Crippen LogP contribution in [0.3, 0.4) is 0 Å². The molecule has 0 radical (unpaired) electrons. The second-order valence-electron chi connectivity index (χ2n) is 7.61. The van der Waals surface area contributed by atoms with Gasteiger partial charge in [0.25, 0.3) is 0 Å². The minimum atomic E-state index is 0.114. The molecule has 2 nitrogen and oxygen atoms in total. The van der Waals surface area contributed by atoms with Crippen LogP contribution in [-0.2, 0) is 5.41 Å². The third-order valence-electron chi connectivity index (χ3n) is 4.65. The Balaban J connectivity index is 2.02. The number of nitrogens with one attached hydrogen (secondary N) is 2. The first-order valence-corrected chi connectivity index (χ1v) is 9.03. The Morgan fingerprint density at radius 1 is 1.00 bits per heavy atom. The summed E-state index contributed by atoms with van der Waals surface area (Å²) in [6.45, 7) is 8.90. The number of hydrogen-bond acceptors (Lipinski definition) is 0. The van der Waals surface area contributed by atoms with Gasteiger partial charge >= 0.3 is 0 Å². The molecule has 0 amide bonds. The number of hydrogen-bond donors (Lipinski definition) is 2. The summed E-state index contributed by atoms with van der Waals surface area (Å²) in [5, 5.41) is 2.47. The average Bonchev–Trinajstić information content (AvgIpc) is 3.10. The summed E-state index contributed by atoms with van der Waals surface area (Å²) < 4.78 is 1.13. The van der Waals surface area contributed by atoms with Crippen molar-refractivity contribution in [1.29, 1.82) is 0 Å². The number of aryl methyl sites for hydroxylation is 1. The number of H-pyrrole nitrogens is 2. The van der Waals surface area contributed by atoms with Crippen molar-refractivity contribution in [3.05, 3.63) is 58.2 Å². The number of aromatic nitrogens is 2. The van der Waals surface area contributed by atoms with Gasteiger partial charge in [0.2, 0.25) is 0 Å². The van der Waals surface area contributed by atoms with Gasteiger partial charge in [-0.1, -0.05) is 36.7 Å². The number of aromatic amines is 2. The Labute approximate surface area is 150 Å². The van der Waals surface area contributed by atoms with E-state index in [1.54, 1.807) is 0 Å². The molecule has 0 atom stereocenters. The molecule has 0 saturated heterocycles. The minimum Gasteiger partial charge on any atom is -0.361 e. The molecule has 4 rings (SSSR count). The number of fused-ring (bicyclic) bond motifs is 2. The average molecular weight is 381 g/mol. The summed E-state index contributed by atoms with van der Waals surface area (Å²) in [6, 6.07) is 13.3. The second-order valence-corrected chi connectivity index (χ2v) is 8.46. The van der Waals surface area contributed by atoms with E-state index >= 15 is 0 Å². The smallest absolute Gasteiger partial charge is 0.0548 e. The van der Waals surface area contributed by atoms with Gasteiger partial charge in [0.05, 0.1) is 5.52 Å². The lowest BCUT2D eigenvalue weighted by atomic mass is 9.85. The topological polar surface area (TPSA) is 31.6 Å². The van der Waals surface area contributed by atoms with Gasteiger partial charge in [-0.15, -0.1) is 0 Å². The van der Waals surface area contributed by atoms with Gasteiger partial charge in [0.15, 0.2) is 0 Å². The predicted molar refractivity (Wildman–Crippen MR) is 107 cm³/mol.